The summed E-state index contributed by atoms with van der Waals surface area (Å²) in [6.07, 6.45) is 0.837. The number of rotatable bonds is 10. The smallest absolute Gasteiger partial charge is 0.374 e. The van der Waals surface area contributed by atoms with Crippen LogP contribution in [0.4, 0.5) is 0 Å². The first-order valence-corrected chi connectivity index (χ1v) is 9.67. The van der Waals surface area contributed by atoms with Crippen molar-refractivity contribution in [2.75, 3.05) is 19.8 Å². The zero-order valence-electron chi connectivity index (χ0n) is 13.1. The monoisotopic (exact) mass is 308 g/mol. The Balaban J connectivity index is 4.66. The lowest BCUT2D eigenvalue weighted by molar-refractivity contribution is -0.109. The Morgan fingerprint density at radius 2 is 1.47 bits per heavy atom. The molecule has 0 spiro atoms. The molecule has 0 aromatic heterocycles. The van der Waals surface area contributed by atoms with Gasteiger partial charge < -0.3 is 13.3 Å². The quantitative estimate of drug-likeness (QED) is 0.578. The highest BCUT2D eigenvalue weighted by Crippen LogP contribution is 2.33. The molecule has 0 unspecified atom stereocenters. The molecule has 0 aromatic rings. The van der Waals surface area contributed by atoms with Gasteiger partial charge in [-0.05, 0) is 27.2 Å². The van der Waals surface area contributed by atoms with Crippen LogP contribution in [-0.4, -0.2) is 38.5 Å². The molecule has 0 rings (SSSR count). The van der Waals surface area contributed by atoms with Crippen LogP contribution < -0.4 is 0 Å². The lowest BCUT2D eigenvalue weighted by atomic mass is 10.1. The fourth-order valence-corrected chi connectivity index (χ4v) is 5.99. The number of carbonyl (C=O) groups excluding carboxylic acids is 1. The summed E-state index contributed by atoms with van der Waals surface area (Å²) in [5.74, 6) is 0. The summed E-state index contributed by atoms with van der Waals surface area (Å²) in [7, 11) is -2.58. The minimum atomic E-state index is -2.58. The molecule has 4 nitrogen and oxygen atoms in total. The zero-order valence-corrected chi connectivity index (χ0v) is 14.9. The maximum absolute atomic E-state index is 11.2. The molecule has 6 heteroatoms. The van der Waals surface area contributed by atoms with Crippen molar-refractivity contribution in [1.82, 2.24) is 0 Å². The van der Waals surface area contributed by atoms with Crippen molar-refractivity contribution in [2.24, 2.45) is 0 Å². The van der Waals surface area contributed by atoms with Crippen molar-refractivity contribution in [3.8, 4) is 0 Å². The third-order valence-electron chi connectivity index (χ3n) is 2.55. The van der Waals surface area contributed by atoms with Crippen LogP contribution in [0.3, 0.4) is 0 Å². The van der Waals surface area contributed by atoms with Crippen molar-refractivity contribution in [2.45, 2.75) is 58.8 Å². The molecule has 19 heavy (non-hydrogen) atoms. The SMILES string of the molecule is CCO[Si](CCC(C)(C)SC(C)=O)(OCC)OCC. The van der Waals surface area contributed by atoms with Crippen LogP contribution in [-0.2, 0) is 18.1 Å². The van der Waals surface area contributed by atoms with Gasteiger partial charge in [-0.25, -0.2) is 0 Å². The van der Waals surface area contributed by atoms with Gasteiger partial charge in [0.25, 0.3) is 0 Å². The molecule has 0 radical (unpaired) electrons. The maximum atomic E-state index is 11.2. The van der Waals surface area contributed by atoms with Crippen LogP contribution in [0.5, 0.6) is 0 Å². The predicted octanol–water partition coefficient (Wildman–Crippen LogP) is 3.48. The van der Waals surface area contributed by atoms with Gasteiger partial charge in [0.2, 0.25) is 0 Å². The lowest BCUT2D eigenvalue weighted by Crippen LogP contribution is -2.47. The molecule has 0 saturated heterocycles. The minimum Gasteiger partial charge on any atom is -0.374 e. The summed E-state index contributed by atoms with van der Waals surface area (Å²) in [6.45, 7) is 13.4. The number of carbonyl (C=O) groups is 1. The van der Waals surface area contributed by atoms with Gasteiger partial charge >= 0.3 is 8.80 Å². The Bertz CT molecular complexity index is 254. The van der Waals surface area contributed by atoms with Crippen LogP contribution >= 0.6 is 11.8 Å². The van der Waals surface area contributed by atoms with E-state index in [1.165, 1.54) is 11.8 Å². The highest BCUT2D eigenvalue weighted by atomic mass is 32.2. The van der Waals surface area contributed by atoms with Gasteiger partial charge in [-0.3, -0.25) is 4.79 Å². The number of hydrogen-bond acceptors (Lipinski definition) is 5. The predicted molar refractivity (Wildman–Crippen MR) is 82.4 cm³/mol. The molecule has 0 saturated carbocycles. The van der Waals surface area contributed by atoms with Gasteiger partial charge in [0.05, 0.1) is 0 Å². The van der Waals surface area contributed by atoms with E-state index in [4.69, 9.17) is 13.3 Å². The van der Waals surface area contributed by atoms with E-state index in [1.54, 1.807) is 6.92 Å². The molecule has 114 valence electrons. The van der Waals surface area contributed by atoms with Crippen LogP contribution in [0.25, 0.3) is 0 Å². The normalized spacial score (nSPS) is 12.7. The second kappa shape index (κ2) is 9.13. The average Bonchev–Trinajstić information content (AvgIpc) is 2.26. The zero-order chi connectivity index (χ0) is 14.9. The molecule has 0 heterocycles. The van der Waals surface area contributed by atoms with Gasteiger partial charge in [0, 0.05) is 37.5 Å². The summed E-state index contributed by atoms with van der Waals surface area (Å²) >= 11 is 1.37. The Morgan fingerprint density at radius 1 is 1.05 bits per heavy atom. The van der Waals surface area contributed by atoms with Crippen LogP contribution in [0.2, 0.25) is 6.04 Å². The minimum absolute atomic E-state index is 0.116. The Hall–Kier alpha value is 0.117. The maximum Gasteiger partial charge on any atom is 0.500 e. The largest absolute Gasteiger partial charge is 0.500 e. The van der Waals surface area contributed by atoms with Crippen LogP contribution in [0.15, 0.2) is 0 Å². The summed E-state index contributed by atoms with van der Waals surface area (Å²) in [6, 6.07) is 0.746. The molecule has 0 atom stereocenters. The van der Waals surface area contributed by atoms with Crippen molar-refractivity contribution in [3.63, 3.8) is 0 Å². The van der Waals surface area contributed by atoms with Crippen molar-refractivity contribution < 1.29 is 18.1 Å². The van der Waals surface area contributed by atoms with Gasteiger partial charge in [0.15, 0.2) is 5.12 Å². The second-order valence-electron chi connectivity index (χ2n) is 4.84. The topological polar surface area (TPSA) is 44.8 Å². The van der Waals surface area contributed by atoms with Gasteiger partial charge in [-0.15, -0.1) is 0 Å². The first-order valence-electron chi connectivity index (χ1n) is 6.92. The van der Waals surface area contributed by atoms with E-state index in [1.807, 2.05) is 20.8 Å². The van der Waals surface area contributed by atoms with E-state index in [0.717, 1.165) is 12.5 Å². The third-order valence-corrected chi connectivity index (χ3v) is 6.64. The Kier molecular flexibility index (Phi) is 9.18. The summed E-state index contributed by atoms with van der Waals surface area (Å²) in [5, 5.41) is 0.140. The molecule has 0 bridgehead atoms. The van der Waals surface area contributed by atoms with E-state index in [-0.39, 0.29) is 9.86 Å². The van der Waals surface area contributed by atoms with Gasteiger partial charge in [0.1, 0.15) is 0 Å². The van der Waals surface area contributed by atoms with Crippen LogP contribution in [0, 0.1) is 0 Å². The van der Waals surface area contributed by atoms with E-state index >= 15 is 0 Å². The van der Waals surface area contributed by atoms with Crippen molar-refractivity contribution in [3.05, 3.63) is 0 Å². The molecule has 0 N–H and O–H groups in total. The van der Waals surface area contributed by atoms with E-state index in [2.05, 4.69) is 13.8 Å². The summed E-state index contributed by atoms with van der Waals surface area (Å²) < 4.78 is 17.3. The molecule has 0 aliphatic heterocycles. The van der Waals surface area contributed by atoms with E-state index < -0.39 is 8.80 Å². The summed E-state index contributed by atoms with van der Waals surface area (Å²) in [5.41, 5.74) is 0. The molecule has 0 aromatic carbocycles. The first kappa shape index (κ1) is 19.1. The third kappa shape index (κ3) is 8.09. The first-order chi connectivity index (χ1) is 8.81. The van der Waals surface area contributed by atoms with Crippen molar-refractivity contribution in [1.29, 1.82) is 0 Å². The Morgan fingerprint density at radius 3 is 1.79 bits per heavy atom. The lowest BCUT2D eigenvalue weighted by Gasteiger charge is -2.31. The van der Waals surface area contributed by atoms with Gasteiger partial charge in [-0.1, -0.05) is 25.6 Å². The molecule has 0 aliphatic rings. The van der Waals surface area contributed by atoms with Gasteiger partial charge in [-0.2, -0.15) is 0 Å². The fourth-order valence-electron chi connectivity index (χ4n) is 1.90. The molecule has 0 amide bonds. The second-order valence-corrected chi connectivity index (χ2v) is 9.45. The van der Waals surface area contributed by atoms with E-state index in [9.17, 15) is 4.79 Å². The number of thioether (sulfide) groups is 1. The highest BCUT2D eigenvalue weighted by Gasteiger charge is 2.41. The molecule has 0 aliphatic carbocycles. The molecule has 0 fully saturated rings. The van der Waals surface area contributed by atoms with E-state index in [0.29, 0.717) is 19.8 Å². The molecular formula is C13H28O4SSi. The average molecular weight is 309 g/mol. The van der Waals surface area contributed by atoms with Crippen molar-refractivity contribution >= 4 is 25.7 Å². The number of hydrogen-bond donors (Lipinski definition) is 0. The van der Waals surface area contributed by atoms with Crippen LogP contribution in [0.1, 0.15) is 48.0 Å². The molecular weight excluding hydrogens is 280 g/mol. The Labute approximate surface area is 122 Å². The standard InChI is InChI=1S/C13H28O4SSi/c1-7-15-19(16-8-2,17-9-3)11-10-13(5,6)18-12(4)14/h7-11H2,1-6H3. The summed E-state index contributed by atoms with van der Waals surface area (Å²) in [4.78, 5) is 11.2. The fraction of sp³-hybridized carbons (Fsp3) is 0.923. The highest BCUT2D eigenvalue weighted by molar-refractivity contribution is 8.14.